The van der Waals surface area contributed by atoms with Crippen molar-refractivity contribution in [1.82, 2.24) is 20.2 Å². The number of nitrogens with one attached hydrogen (secondary N) is 2. The Morgan fingerprint density at radius 2 is 1.85 bits per heavy atom. The number of aromatic nitrogens is 2. The lowest BCUT2D eigenvalue weighted by atomic mass is 10.1. The second-order valence-electron chi connectivity index (χ2n) is 8.32. The van der Waals surface area contributed by atoms with Gasteiger partial charge in [-0.1, -0.05) is 60.7 Å². The molecular weight excluding hydrogens is 412 g/mol. The van der Waals surface area contributed by atoms with Gasteiger partial charge in [-0.3, -0.25) is 4.79 Å². The first-order chi connectivity index (χ1) is 16.3. The van der Waals surface area contributed by atoms with E-state index < -0.39 is 0 Å². The predicted octanol–water partition coefficient (Wildman–Crippen LogP) is 3.86. The molecular formula is C27H28N4O2. The van der Waals surface area contributed by atoms with Crippen LogP contribution in [0.2, 0.25) is 0 Å². The summed E-state index contributed by atoms with van der Waals surface area (Å²) in [5.41, 5.74) is 4.70. The zero-order valence-corrected chi connectivity index (χ0v) is 18.5. The molecule has 0 saturated carbocycles. The van der Waals surface area contributed by atoms with Gasteiger partial charge in [-0.2, -0.15) is 0 Å². The number of hydrogen-bond donors (Lipinski definition) is 2. The number of morpholine rings is 1. The van der Waals surface area contributed by atoms with E-state index in [0.29, 0.717) is 18.7 Å². The van der Waals surface area contributed by atoms with Crippen molar-refractivity contribution in [3.8, 4) is 11.4 Å². The first-order valence-electron chi connectivity index (χ1n) is 11.5. The lowest BCUT2D eigenvalue weighted by Crippen LogP contribution is -2.40. The maximum Gasteiger partial charge on any atom is 0.251 e. The van der Waals surface area contributed by atoms with E-state index in [1.54, 1.807) is 0 Å². The summed E-state index contributed by atoms with van der Waals surface area (Å²) in [5, 5.41) is 6.36. The number of nitrogens with zero attached hydrogens (tertiary/aromatic N) is 2. The highest BCUT2D eigenvalue weighted by Crippen LogP contribution is 2.27. The zero-order valence-electron chi connectivity index (χ0n) is 18.5. The van der Waals surface area contributed by atoms with Crippen LogP contribution in [-0.4, -0.2) is 47.8 Å². The molecule has 5 rings (SSSR count). The first kappa shape index (κ1) is 21.4. The number of amides is 1. The molecule has 6 heteroatoms. The molecule has 6 nitrogen and oxygen atoms in total. The summed E-state index contributed by atoms with van der Waals surface area (Å²) in [5.74, 6) is 0.823. The van der Waals surface area contributed by atoms with Crippen LogP contribution in [0.3, 0.4) is 0 Å². The summed E-state index contributed by atoms with van der Waals surface area (Å²) in [6.07, 6.45) is 0.952. The van der Waals surface area contributed by atoms with Crippen molar-refractivity contribution in [2.75, 3.05) is 26.2 Å². The van der Waals surface area contributed by atoms with Crippen LogP contribution in [0, 0.1) is 0 Å². The minimum Gasteiger partial charge on any atom is -0.376 e. The van der Waals surface area contributed by atoms with E-state index >= 15 is 0 Å². The number of carbonyl (C=O) groups excluding carboxylic acids is 1. The second kappa shape index (κ2) is 9.98. The Morgan fingerprint density at radius 1 is 1.06 bits per heavy atom. The predicted molar refractivity (Wildman–Crippen MR) is 130 cm³/mol. The Labute approximate surface area is 193 Å². The summed E-state index contributed by atoms with van der Waals surface area (Å²) in [6.45, 7) is 3.72. The van der Waals surface area contributed by atoms with Crippen molar-refractivity contribution in [3.05, 3.63) is 90.0 Å². The van der Waals surface area contributed by atoms with Crippen LogP contribution in [0.4, 0.5) is 0 Å². The first-order valence-corrected chi connectivity index (χ1v) is 11.5. The molecule has 1 aliphatic heterocycles. The summed E-state index contributed by atoms with van der Waals surface area (Å²) >= 11 is 0. The van der Waals surface area contributed by atoms with Crippen LogP contribution in [0.15, 0.2) is 78.9 Å². The van der Waals surface area contributed by atoms with E-state index in [0.717, 1.165) is 48.5 Å². The highest BCUT2D eigenvalue weighted by atomic mass is 16.5. The Hall–Kier alpha value is -3.48. The number of benzene rings is 3. The summed E-state index contributed by atoms with van der Waals surface area (Å²) in [7, 11) is 0. The molecule has 1 aliphatic rings. The molecule has 0 radical (unpaired) electrons. The van der Waals surface area contributed by atoms with Gasteiger partial charge in [0, 0.05) is 37.3 Å². The largest absolute Gasteiger partial charge is 0.376 e. The van der Waals surface area contributed by atoms with Gasteiger partial charge >= 0.3 is 0 Å². The van der Waals surface area contributed by atoms with Crippen molar-refractivity contribution < 1.29 is 9.53 Å². The molecule has 1 fully saturated rings. The fourth-order valence-corrected chi connectivity index (χ4v) is 4.25. The maximum atomic E-state index is 12.9. The van der Waals surface area contributed by atoms with Crippen LogP contribution >= 0.6 is 0 Å². The number of rotatable bonds is 7. The van der Waals surface area contributed by atoms with Crippen LogP contribution in [-0.2, 0) is 11.3 Å². The molecule has 2 heterocycles. The third-order valence-corrected chi connectivity index (χ3v) is 5.98. The standard InChI is InChI=1S/C27H28N4O2/c32-27(29-14-13-23-18-28-15-16-33-23)22-11-12-24-25(17-22)31(19-20-7-3-1-4-8-20)26(30-24)21-9-5-2-6-10-21/h1-12,17,23,28H,13-16,18-19H2,(H,29,32). The molecule has 0 spiro atoms. The zero-order chi connectivity index (χ0) is 22.5. The second-order valence-corrected chi connectivity index (χ2v) is 8.32. The fourth-order valence-electron chi connectivity index (χ4n) is 4.25. The molecule has 3 aromatic carbocycles. The number of ether oxygens (including phenoxy) is 1. The Kier molecular flexibility index (Phi) is 6.46. The average Bonchev–Trinajstić information content (AvgIpc) is 3.23. The van der Waals surface area contributed by atoms with Gasteiger partial charge in [-0.15, -0.1) is 0 Å². The number of imidazole rings is 1. The molecule has 1 amide bonds. The quantitative estimate of drug-likeness (QED) is 0.458. The van der Waals surface area contributed by atoms with Crippen LogP contribution in [0.5, 0.6) is 0 Å². The number of hydrogen-bond acceptors (Lipinski definition) is 4. The molecule has 168 valence electrons. The molecule has 1 aromatic heterocycles. The lowest BCUT2D eigenvalue weighted by Gasteiger charge is -2.23. The van der Waals surface area contributed by atoms with Gasteiger partial charge in [0.2, 0.25) is 0 Å². The smallest absolute Gasteiger partial charge is 0.251 e. The van der Waals surface area contributed by atoms with E-state index in [2.05, 4.69) is 39.5 Å². The van der Waals surface area contributed by atoms with Crippen LogP contribution in [0.1, 0.15) is 22.3 Å². The summed E-state index contributed by atoms with van der Waals surface area (Å²) in [4.78, 5) is 17.8. The molecule has 1 saturated heterocycles. The molecule has 1 unspecified atom stereocenters. The summed E-state index contributed by atoms with van der Waals surface area (Å²) in [6, 6.07) is 26.2. The van der Waals surface area contributed by atoms with Crippen molar-refractivity contribution in [3.63, 3.8) is 0 Å². The SMILES string of the molecule is O=C(NCCC1CNCCO1)c1ccc2nc(-c3ccccc3)n(Cc3ccccc3)c2c1. The van der Waals surface area contributed by atoms with E-state index in [-0.39, 0.29) is 12.0 Å². The van der Waals surface area contributed by atoms with Gasteiger partial charge in [-0.05, 0) is 30.2 Å². The molecule has 4 aromatic rings. The van der Waals surface area contributed by atoms with Crippen molar-refractivity contribution in [2.45, 2.75) is 19.1 Å². The highest BCUT2D eigenvalue weighted by Gasteiger charge is 2.17. The Bertz CT molecular complexity index is 1220. The Balaban J connectivity index is 1.42. The van der Waals surface area contributed by atoms with Gasteiger partial charge < -0.3 is 19.9 Å². The van der Waals surface area contributed by atoms with E-state index in [1.807, 2.05) is 54.6 Å². The molecule has 33 heavy (non-hydrogen) atoms. The van der Waals surface area contributed by atoms with Crippen LogP contribution < -0.4 is 10.6 Å². The third kappa shape index (κ3) is 4.97. The maximum absolute atomic E-state index is 12.9. The Morgan fingerprint density at radius 3 is 2.61 bits per heavy atom. The molecule has 0 aliphatic carbocycles. The van der Waals surface area contributed by atoms with E-state index in [9.17, 15) is 4.79 Å². The average molecular weight is 441 g/mol. The highest BCUT2D eigenvalue weighted by molar-refractivity contribution is 5.98. The van der Waals surface area contributed by atoms with Gasteiger partial charge in [0.05, 0.1) is 23.7 Å². The van der Waals surface area contributed by atoms with Crippen LogP contribution in [0.25, 0.3) is 22.4 Å². The van der Waals surface area contributed by atoms with Gasteiger partial charge in [0.1, 0.15) is 5.82 Å². The fraction of sp³-hybridized carbons (Fsp3) is 0.259. The minimum absolute atomic E-state index is 0.0746. The van der Waals surface area contributed by atoms with Gasteiger partial charge in [-0.25, -0.2) is 4.98 Å². The monoisotopic (exact) mass is 440 g/mol. The third-order valence-electron chi connectivity index (χ3n) is 5.98. The normalized spacial score (nSPS) is 16.1. The molecule has 0 bridgehead atoms. The lowest BCUT2D eigenvalue weighted by molar-refractivity contribution is 0.0239. The van der Waals surface area contributed by atoms with E-state index in [1.165, 1.54) is 5.56 Å². The number of carbonyl (C=O) groups is 1. The van der Waals surface area contributed by atoms with Crippen molar-refractivity contribution in [1.29, 1.82) is 0 Å². The van der Waals surface area contributed by atoms with Gasteiger partial charge in [0.15, 0.2) is 0 Å². The number of fused-ring (bicyclic) bond motifs is 1. The van der Waals surface area contributed by atoms with Gasteiger partial charge in [0.25, 0.3) is 5.91 Å². The summed E-state index contributed by atoms with van der Waals surface area (Å²) < 4.78 is 7.91. The molecule has 2 N–H and O–H groups in total. The minimum atomic E-state index is -0.0746. The van der Waals surface area contributed by atoms with E-state index in [4.69, 9.17) is 9.72 Å². The molecule has 1 atom stereocenters. The van der Waals surface area contributed by atoms with Crippen molar-refractivity contribution in [2.24, 2.45) is 0 Å². The van der Waals surface area contributed by atoms with Crippen molar-refractivity contribution >= 4 is 16.9 Å². The topological polar surface area (TPSA) is 68.2 Å².